The Morgan fingerprint density at radius 2 is 2.05 bits per heavy atom. The van der Waals surface area contributed by atoms with Gasteiger partial charge < -0.3 is 16.2 Å². The highest BCUT2D eigenvalue weighted by Gasteiger charge is 2.19. The van der Waals surface area contributed by atoms with Crippen LogP contribution in [0.1, 0.15) is 13.8 Å². The molecule has 2 aromatic rings. The molecule has 0 aromatic carbocycles. The van der Waals surface area contributed by atoms with Gasteiger partial charge in [0.15, 0.2) is 0 Å². The van der Waals surface area contributed by atoms with Gasteiger partial charge in [-0.3, -0.25) is 15.2 Å². The molecule has 106 valence electrons. The molecular weight excluding hydrogens is 264 g/mol. The van der Waals surface area contributed by atoms with Crippen LogP contribution in [0.2, 0.25) is 0 Å². The van der Waals surface area contributed by atoms with Crippen LogP contribution in [-0.2, 0) is 0 Å². The third-order valence-electron chi connectivity index (χ3n) is 2.46. The maximum absolute atomic E-state index is 10.9. The Labute approximate surface area is 114 Å². The van der Waals surface area contributed by atoms with Gasteiger partial charge in [-0.1, -0.05) is 0 Å². The van der Waals surface area contributed by atoms with Crippen LogP contribution in [0.25, 0.3) is 11.3 Å². The van der Waals surface area contributed by atoms with Gasteiger partial charge in [0.2, 0.25) is 11.7 Å². The first kappa shape index (κ1) is 13.6. The largest absolute Gasteiger partial charge is 0.474 e. The average Bonchev–Trinajstić information content (AvgIpc) is 2.75. The second-order valence-electron chi connectivity index (χ2n) is 4.37. The molecule has 0 saturated carbocycles. The number of ether oxygens (including phenoxy) is 1. The third-order valence-corrected chi connectivity index (χ3v) is 2.46. The van der Waals surface area contributed by atoms with Gasteiger partial charge in [-0.2, -0.15) is 0 Å². The minimum atomic E-state index is -0.618. The summed E-state index contributed by atoms with van der Waals surface area (Å²) in [4.78, 5) is 14.0. The number of anilines is 2. The first-order valence-electron chi connectivity index (χ1n) is 5.81. The lowest BCUT2D eigenvalue weighted by molar-refractivity contribution is -0.384. The van der Waals surface area contributed by atoms with E-state index in [0.717, 1.165) is 0 Å². The molecule has 0 spiro atoms. The number of nitrogens with one attached hydrogen (secondary N) is 1. The lowest BCUT2D eigenvalue weighted by atomic mass is 10.1. The van der Waals surface area contributed by atoms with E-state index in [0.29, 0.717) is 17.1 Å². The van der Waals surface area contributed by atoms with Crippen molar-refractivity contribution in [1.82, 2.24) is 15.2 Å². The van der Waals surface area contributed by atoms with Gasteiger partial charge in [-0.15, -0.1) is 5.10 Å². The van der Waals surface area contributed by atoms with E-state index in [1.165, 1.54) is 6.07 Å². The number of rotatable bonds is 4. The number of nitrogen functional groups attached to an aromatic ring is 2. The quantitative estimate of drug-likeness (QED) is 0.564. The van der Waals surface area contributed by atoms with Crippen LogP contribution in [0.15, 0.2) is 12.1 Å². The molecule has 0 amide bonds. The molecule has 0 atom stereocenters. The molecule has 0 aliphatic heterocycles. The Morgan fingerprint density at radius 1 is 1.35 bits per heavy atom. The molecule has 0 radical (unpaired) electrons. The maximum Gasteiger partial charge on any atom is 0.311 e. The predicted molar refractivity (Wildman–Crippen MR) is 73.1 cm³/mol. The standard InChI is InChI=1S/C11H14N6O3/c1-5(2)20-9-4-7(15-16-9)6-3-8(17(18)19)11(13)14-10(6)12/h3-5H,1-2H3,(H,15,16)(H4,12,13,14). The van der Waals surface area contributed by atoms with Crippen molar-refractivity contribution < 1.29 is 9.66 Å². The highest BCUT2D eigenvalue weighted by atomic mass is 16.6. The molecule has 20 heavy (non-hydrogen) atoms. The van der Waals surface area contributed by atoms with Crippen LogP contribution >= 0.6 is 0 Å². The Hall–Kier alpha value is -2.84. The summed E-state index contributed by atoms with van der Waals surface area (Å²) in [6, 6.07) is 2.84. The number of nitrogens with zero attached hydrogens (tertiary/aromatic N) is 3. The van der Waals surface area contributed by atoms with Crippen molar-refractivity contribution in [2.75, 3.05) is 11.5 Å². The van der Waals surface area contributed by atoms with Gasteiger partial charge in [-0.25, -0.2) is 4.98 Å². The molecule has 2 rings (SSSR count). The molecule has 0 aliphatic rings. The number of hydrogen-bond acceptors (Lipinski definition) is 7. The summed E-state index contributed by atoms with van der Waals surface area (Å²) >= 11 is 0. The van der Waals surface area contributed by atoms with Crippen molar-refractivity contribution in [1.29, 1.82) is 0 Å². The summed E-state index contributed by atoms with van der Waals surface area (Å²) in [5.41, 5.74) is 11.7. The van der Waals surface area contributed by atoms with Gasteiger partial charge >= 0.3 is 5.69 Å². The van der Waals surface area contributed by atoms with E-state index in [1.54, 1.807) is 6.07 Å². The summed E-state index contributed by atoms with van der Waals surface area (Å²) in [7, 11) is 0. The van der Waals surface area contributed by atoms with E-state index in [-0.39, 0.29) is 23.4 Å². The zero-order chi connectivity index (χ0) is 14.9. The molecule has 0 bridgehead atoms. The van der Waals surface area contributed by atoms with E-state index in [4.69, 9.17) is 16.2 Å². The third kappa shape index (κ3) is 2.60. The molecular formula is C11H14N6O3. The number of nitrogens with two attached hydrogens (primary N) is 2. The van der Waals surface area contributed by atoms with Crippen molar-refractivity contribution in [2.45, 2.75) is 20.0 Å². The Balaban J connectivity index is 2.44. The number of nitro groups is 1. The fourth-order valence-electron chi connectivity index (χ4n) is 1.64. The Morgan fingerprint density at radius 3 is 2.65 bits per heavy atom. The summed E-state index contributed by atoms with van der Waals surface area (Å²) < 4.78 is 5.40. The summed E-state index contributed by atoms with van der Waals surface area (Å²) in [5.74, 6) is 0.219. The lowest BCUT2D eigenvalue weighted by Crippen LogP contribution is -2.05. The van der Waals surface area contributed by atoms with Crippen molar-refractivity contribution in [3.8, 4) is 17.1 Å². The highest BCUT2D eigenvalue weighted by molar-refractivity contribution is 5.77. The van der Waals surface area contributed by atoms with Gasteiger partial charge in [0.1, 0.15) is 5.82 Å². The van der Waals surface area contributed by atoms with Crippen LogP contribution in [0, 0.1) is 10.1 Å². The molecule has 2 heterocycles. The Bertz CT molecular complexity index is 652. The van der Waals surface area contributed by atoms with Crippen molar-refractivity contribution in [3.63, 3.8) is 0 Å². The van der Waals surface area contributed by atoms with Gasteiger partial charge in [0, 0.05) is 17.7 Å². The van der Waals surface area contributed by atoms with Crippen LogP contribution in [0.3, 0.4) is 0 Å². The smallest absolute Gasteiger partial charge is 0.311 e. The number of H-pyrrole nitrogens is 1. The van der Waals surface area contributed by atoms with Crippen LogP contribution < -0.4 is 16.2 Å². The molecule has 0 unspecified atom stereocenters. The molecule has 9 nitrogen and oxygen atoms in total. The number of hydrogen-bond donors (Lipinski definition) is 3. The molecule has 0 aliphatic carbocycles. The van der Waals surface area contributed by atoms with E-state index in [1.807, 2.05) is 13.8 Å². The summed E-state index contributed by atoms with van der Waals surface area (Å²) in [5, 5.41) is 17.5. The highest BCUT2D eigenvalue weighted by Crippen LogP contribution is 2.31. The van der Waals surface area contributed by atoms with Crippen molar-refractivity contribution in [3.05, 3.63) is 22.2 Å². The van der Waals surface area contributed by atoms with E-state index < -0.39 is 4.92 Å². The van der Waals surface area contributed by atoms with E-state index in [2.05, 4.69) is 15.2 Å². The number of aromatic nitrogens is 3. The van der Waals surface area contributed by atoms with E-state index in [9.17, 15) is 10.1 Å². The first-order valence-corrected chi connectivity index (χ1v) is 5.81. The van der Waals surface area contributed by atoms with Gasteiger partial charge in [0.05, 0.1) is 16.7 Å². The average molecular weight is 278 g/mol. The Kier molecular flexibility index (Phi) is 3.42. The van der Waals surface area contributed by atoms with Crippen molar-refractivity contribution in [2.24, 2.45) is 0 Å². The predicted octanol–water partition coefficient (Wildman–Crippen LogP) is 1.33. The first-order chi connectivity index (χ1) is 9.38. The lowest BCUT2D eigenvalue weighted by Gasteiger charge is -2.05. The normalized spacial score (nSPS) is 10.8. The second kappa shape index (κ2) is 5.03. The van der Waals surface area contributed by atoms with E-state index >= 15 is 0 Å². The molecule has 9 heteroatoms. The zero-order valence-corrected chi connectivity index (χ0v) is 11.0. The topological polar surface area (TPSA) is 146 Å². The fourth-order valence-corrected chi connectivity index (χ4v) is 1.64. The number of aromatic amines is 1. The van der Waals surface area contributed by atoms with Crippen molar-refractivity contribution >= 4 is 17.3 Å². The van der Waals surface area contributed by atoms with Crippen LogP contribution in [-0.4, -0.2) is 26.2 Å². The minimum absolute atomic E-state index is 0.0395. The fraction of sp³-hybridized carbons (Fsp3) is 0.273. The molecule has 5 N–H and O–H groups in total. The minimum Gasteiger partial charge on any atom is -0.474 e. The maximum atomic E-state index is 10.9. The van der Waals surface area contributed by atoms with Gasteiger partial charge in [-0.05, 0) is 13.8 Å². The number of pyridine rings is 1. The summed E-state index contributed by atoms with van der Waals surface area (Å²) in [6.07, 6.45) is -0.0395. The zero-order valence-electron chi connectivity index (χ0n) is 11.0. The summed E-state index contributed by atoms with van der Waals surface area (Å²) in [6.45, 7) is 3.72. The molecule has 0 fully saturated rings. The monoisotopic (exact) mass is 278 g/mol. The molecule has 0 saturated heterocycles. The van der Waals surface area contributed by atoms with Crippen LogP contribution in [0.4, 0.5) is 17.3 Å². The second-order valence-corrected chi connectivity index (χ2v) is 4.37. The van der Waals surface area contributed by atoms with Gasteiger partial charge in [0.25, 0.3) is 0 Å². The van der Waals surface area contributed by atoms with Crippen LogP contribution in [0.5, 0.6) is 5.88 Å². The molecule has 2 aromatic heterocycles. The SMILES string of the molecule is CC(C)Oc1cc(-c2cc([N+](=O)[O-])c(N)nc2N)[nH]n1.